The summed E-state index contributed by atoms with van der Waals surface area (Å²) < 4.78 is 1.95. The van der Waals surface area contributed by atoms with Crippen molar-refractivity contribution in [1.82, 2.24) is 19.4 Å². The van der Waals surface area contributed by atoms with Crippen molar-refractivity contribution in [3.63, 3.8) is 0 Å². The number of nitrogens with zero attached hydrogens (tertiary/aromatic N) is 5. The van der Waals surface area contributed by atoms with Gasteiger partial charge in [0, 0.05) is 71.3 Å². The predicted molar refractivity (Wildman–Crippen MR) is 99.4 cm³/mol. The molecule has 0 spiro atoms. The Morgan fingerprint density at radius 3 is 2.52 bits per heavy atom. The number of hydrogen-bond donors (Lipinski definition) is 0. The van der Waals surface area contributed by atoms with Crippen LogP contribution in [0.1, 0.15) is 12.2 Å². The number of aryl methyl sites for hydroxylation is 1. The number of aromatic nitrogens is 2. The molecule has 0 aliphatic carbocycles. The van der Waals surface area contributed by atoms with Gasteiger partial charge >= 0.3 is 0 Å². The van der Waals surface area contributed by atoms with E-state index in [-0.39, 0.29) is 5.91 Å². The molecule has 6 heteroatoms. The third kappa shape index (κ3) is 4.60. The van der Waals surface area contributed by atoms with E-state index in [0.717, 1.165) is 38.5 Å². The molecule has 0 N–H and O–H groups in total. The van der Waals surface area contributed by atoms with Crippen LogP contribution in [0.25, 0.3) is 0 Å². The quantitative estimate of drug-likeness (QED) is 0.800. The Morgan fingerprint density at radius 2 is 1.88 bits per heavy atom. The number of benzene rings is 1. The molecule has 0 atom stereocenters. The lowest BCUT2D eigenvalue weighted by molar-refractivity contribution is -0.130. The summed E-state index contributed by atoms with van der Waals surface area (Å²) in [6.07, 6.45) is 4.23. The Kier molecular flexibility index (Phi) is 5.71. The van der Waals surface area contributed by atoms with Crippen LogP contribution in [0.5, 0.6) is 0 Å². The maximum absolute atomic E-state index is 12.4. The van der Waals surface area contributed by atoms with Gasteiger partial charge in [-0.15, -0.1) is 0 Å². The van der Waals surface area contributed by atoms with Crippen LogP contribution in [0.2, 0.25) is 0 Å². The first-order valence-electron chi connectivity index (χ1n) is 8.86. The third-order valence-electron chi connectivity index (χ3n) is 4.86. The van der Waals surface area contributed by atoms with E-state index in [9.17, 15) is 4.79 Å². The molecule has 1 aliphatic heterocycles. The van der Waals surface area contributed by atoms with E-state index in [0.29, 0.717) is 13.0 Å². The van der Waals surface area contributed by atoms with E-state index in [4.69, 9.17) is 0 Å². The minimum absolute atomic E-state index is 0.175. The van der Waals surface area contributed by atoms with E-state index in [1.807, 2.05) is 30.9 Å². The number of carbonyl (C=O) groups excluding carboxylic acids is 1. The second-order valence-electron chi connectivity index (χ2n) is 6.62. The fourth-order valence-electron chi connectivity index (χ4n) is 3.16. The number of carbonyl (C=O) groups is 1. The molecule has 1 fully saturated rings. The Bertz CT molecular complexity index is 676. The number of imidazole rings is 1. The van der Waals surface area contributed by atoms with Crippen molar-refractivity contribution in [2.45, 2.75) is 13.0 Å². The van der Waals surface area contributed by atoms with Crippen LogP contribution < -0.4 is 4.90 Å². The molecular formula is C19H27N5O. The van der Waals surface area contributed by atoms with Gasteiger partial charge in [0.05, 0.1) is 6.54 Å². The van der Waals surface area contributed by atoms with Crippen molar-refractivity contribution < 1.29 is 4.79 Å². The van der Waals surface area contributed by atoms with Crippen LogP contribution in [-0.4, -0.2) is 65.0 Å². The Morgan fingerprint density at radius 1 is 1.16 bits per heavy atom. The van der Waals surface area contributed by atoms with Crippen LogP contribution in [0.15, 0.2) is 42.7 Å². The summed E-state index contributed by atoms with van der Waals surface area (Å²) in [6.45, 7) is 5.43. The Hall–Kier alpha value is -2.34. The molecule has 1 amide bonds. The SMILES string of the molecule is CN(Cc1nccn1C)C(=O)CCN1CCN(c2ccccc2)CC1. The van der Waals surface area contributed by atoms with Crippen molar-refractivity contribution in [2.24, 2.45) is 7.05 Å². The highest BCUT2D eigenvalue weighted by molar-refractivity contribution is 5.76. The zero-order chi connectivity index (χ0) is 17.6. The predicted octanol–water partition coefficient (Wildman–Crippen LogP) is 1.59. The van der Waals surface area contributed by atoms with Gasteiger partial charge in [0.15, 0.2) is 0 Å². The molecule has 25 heavy (non-hydrogen) atoms. The number of amides is 1. The molecule has 3 rings (SSSR count). The minimum atomic E-state index is 0.175. The molecular weight excluding hydrogens is 314 g/mol. The number of piperazine rings is 1. The van der Waals surface area contributed by atoms with E-state index >= 15 is 0 Å². The lowest BCUT2D eigenvalue weighted by atomic mass is 10.2. The summed E-state index contributed by atoms with van der Waals surface area (Å²) in [7, 11) is 3.80. The largest absolute Gasteiger partial charge is 0.369 e. The fraction of sp³-hybridized carbons (Fsp3) is 0.474. The molecule has 1 aromatic carbocycles. The van der Waals surface area contributed by atoms with Crippen LogP contribution in [0, 0.1) is 0 Å². The summed E-state index contributed by atoms with van der Waals surface area (Å²) in [5, 5.41) is 0. The number of para-hydroxylation sites is 1. The molecule has 0 unspecified atom stereocenters. The lowest BCUT2D eigenvalue weighted by Crippen LogP contribution is -2.47. The van der Waals surface area contributed by atoms with E-state index in [1.165, 1.54) is 5.69 Å². The smallest absolute Gasteiger partial charge is 0.224 e. The highest BCUT2D eigenvalue weighted by Crippen LogP contribution is 2.15. The van der Waals surface area contributed by atoms with Crippen molar-refractivity contribution in [2.75, 3.05) is 44.7 Å². The average molecular weight is 341 g/mol. The van der Waals surface area contributed by atoms with Gasteiger partial charge in [-0.3, -0.25) is 9.69 Å². The van der Waals surface area contributed by atoms with Gasteiger partial charge in [0.25, 0.3) is 0 Å². The van der Waals surface area contributed by atoms with Crippen molar-refractivity contribution >= 4 is 11.6 Å². The number of anilines is 1. The van der Waals surface area contributed by atoms with E-state index in [1.54, 1.807) is 11.1 Å². The summed E-state index contributed by atoms with van der Waals surface area (Å²) in [5.41, 5.74) is 1.29. The highest BCUT2D eigenvalue weighted by atomic mass is 16.2. The van der Waals surface area contributed by atoms with Crippen molar-refractivity contribution in [3.05, 3.63) is 48.5 Å². The zero-order valence-electron chi connectivity index (χ0n) is 15.1. The summed E-state index contributed by atoms with van der Waals surface area (Å²) in [6, 6.07) is 10.5. The molecule has 1 aromatic heterocycles. The third-order valence-corrected chi connectivity index (χ3v) is 4.86. The van der Waals surface area contributed by atoms with E-state index < -0.39 is 0 Å². The zero-order valence-corrected chi connectivity index (χ0v) is 15.1. The Balaban J connectivity index is 1.40. The van der Waals surface area contributed by atoms with Crippen molar-refractivity contribution in [3.8, 4) is 0 Å². The van der Waals surface area contributed by atoms with Gasteiger partial charge in [-0.1, -0.05) is 18.2 Å². The Labute approximate surface area is 149 Å². The van der Waals surface area contributed by atoms with Crippen LogP contribution in [-0.2, 0) is 18.4 Å². The minimum Gasteiger partial charge on any atom is -0.369 e. The molecule has 2 aromatic rings. The van der Waals surface area contributed by atoms with Crippen LogP contribution in [0.4, 0.5) is 5.69 Å². The number of rotatable bonds is 6. The maximum atomic E-state index is 12.4. The van der Waals surface area contributed by atoms with Crippen molar-refractivity contribution in [1.29, 1.82) is 0 Å². The molecule has 134 valence electrons. The topological polar surface area (TPSA) is 44.6 Å². The van der Waals surface area contributed by atoms with Crippen LogP contribution >= 0.6 is 0 Å². The monoisotopic (exact) mass is 341 g/mol. The van der Waals surface area contributed by atoms with Gasteiger partial charge in [0.2, 0.25) is 5.91 Å². The number of hydrogen-bond acceptors (Lipinski definition) is 4. The second kappa shape index (κ2) is 8.16. The summed E-state index contributed by atoms with van der Waals surface area (Å²) in [5.74, 6) is 1.08. The molecule has 0 bridgehead atoms. The molecule has 6 nitrogen and oxygen atoms in total. The summed E-state index contributed by atoms with van der Waals surface area (Å²) >= 11 is 0. The van der Waals surface area contributed by atoms with Gasteiger partial charge in [0.1, 0.15) is 5.82 Å². The lowest BCUT2D eigenvalue weighted by Gasteiger charge is -2.36. The molecule has 1 saturated heterocycles. The first kappa shape index (κ1) is 17.5. The van der Waals surface area contributed by atoms with Gasteiger partial charge in [-0.05, 0) is 12.1 Å². The maximum Gasteiger partial charge on any atom is 0.224 e. The first-order valence-corrected chi connectivity index (χ1v) is 8.86. The summed E-state index contributed by atoms with van der Waals surface area (Å²) in [4.78, 5) is 23.2. The fourth-order valence-corrected chi connectivity index (χ4v) is 3.16. The second-order valence-corrected chi connectivity index (χ2v) is 6.62. The van der Waals surface area contributed by atoms with E-state index in [2.05, 4.69) is 39.0 Å². The molecule has 0 saturated carbocycles. The van der Waals surface area contributed by atoms with Gasteiger partial charge in [-0.25, -0.2) is 4.98 Å². The average Bonchev–Trinajstić information content (AvgIpc) is 3.05. The van der Waals surface area contributed by atoms with Gasteiger partial charge < -0.3 is 14.4 Å². The van der Waals surface area contributed by atoms with Crippen LogP contribution in [0.3, 0.4) is 0 Å². The standard InChI is InChI=1S/C19H27N5O/c1-21-11-9-20-18(21)16-22(2)19(25)8-10-23-12-14-24(15-13-23)17-6-4-3-5-7-17/h3-7,9,11H,8,10,12-16H2,1-2H3. The molecule has 1 aliphatic rings. The molecule has 0 radical (unpaired) electrons. The highest BCUT2D eigenvalue weighted by Gasteiger charge is 2.19. The van der Waals surface area contributed by atoms with Gasteiger partial charge in [-0.2, -0.15) is 0 Å². The normalized spacial score (nSPS) is 15.4. The molecule has 2 heterocycles. The first-order chi connectivity index (χ1) is 12.1.